The number of nitrogens with zero attached hydrogens (tertiary/aromatic N) is 2. The predicted molar refractivity (Wildman–Crippen MR) is 92.1 cm³/mol. The van der Waals surface area contributed by atoms with Gasteiger partial charge in [-0.3, -0.25) is 4.90 Å². The molecule has 2 aromatic rings. The van der Waals surface area contributed by atoms with E-state index in [1.807, 2.05) is 18.2 Å². The lowest BCUT2D eigenvalue weighted by atomic mass is 10.0. The number of piperidine rings is 1. The molecule has 1 fully saturated rings. The van der Waals surface area contributed by atoms with Crippen molar-refractivity contribution in [2.75, 3.05) is 30.8 Å². The standard InChI is InChI=1S/C18H22F2N4/c1-21-17-15(19)11-16(20)18(23-17)22-14-7-9-24(10-8-14)12-13-5-3-2-4-6-13/h2-6,11,14H,7-10,12H2,1H3,(H2,21,22,23). The number of anilines is 2. The highest BCUT2D eigenvalue weighted by Crippen LogP contribution is 2.22. The Hall–Kier alpha value is -2.21. The summed E-state index contributed by atoms with van der Waals surface area (Å²) in [6.07, 6.45) is 1.81. The van der Waals surface area contributed by atoms with E-state index >= 15 is 0 Å². The van der Waals surface area contributed by atoms with Crippen LogP contribution >= 0.6 is 0 Å². The second-order valence-corrected chi connectivity index (χ2v) is 6.08. The normalized spacial score (nSPS) is 16.1. The molecule has 0 spiro atoms. The molecule has 0 amide bonds. The van der Waals surface area contributed by atoms with E-state index < -0.39 is 11.6 Å². The smallest absolute Gasteiger partial charge is 0.168 e. The van der Waals surface area contributed by atoms with Crippen molar-refractivity contribution in [3.05, 3.63) is 53.6 Å². The Morgan fingerprint density at radius 3 is 2.42 bits per heavy atom. The molecule has 0 saturated carbocycles. The Morgan fingerprint density at radius 1 is 1.08 bits per heavy atom. The Morgan fingerprint density at radius 2 is 1.75 bits per heavy atom. The molecule has 3 rings (SSSR count). The maximum atomic E-state index is 13.9. The Kier molecular flexibility index (Phi) is 5.25. The maximum Gasteiger partial charge on any atom is 0.168 e. The third-order valence-electron chi connectivity index (χ3n) is 4.34. The van der Waals surface area contributed by atoms with E-state index in [0.29, 0.717) is 0 Å². The van der Waals surface area contributed by atoms with Gasteiger partial charge in [-0.2, -0.15) is 0 Å². The summed E-state index contributed by atoms with van der Waals surface area (Å²) >= 11 is 0. The summed E-state index contributed by atoms with van der Waals surface area (Å²) in [6.45, 7) is 2.81. The molecule has 1 aromatic carbocycles. The Bertz CT molecular complexity index is 670. The summed E-state index contributed by atoms with van der Waals surface area (Å²) in [7, 11) is 1.56. The number of halogens is 2. The number of likely N-dealkylation sites (tertiary alicyclic amines) is 1. The highest BCUT2D eigenvalue weighted by molar-refractivity contribution is 5.47. The third-order valence-corrected chi connectivity index (χ3v) is 4.34. The van der Waals surface area contributed by atoms with Gasteiger partial charge >= 0.3 is 0 Å². The van der Waals surface area contributed by atoms with Gasteiger partial charge in [0.1, 0.15) is 0 Å². The van der Waals surface area contributed by atoms with Crippen molar-refractivity contribution in [1.29, 1.82) is 0 Å². The van der Waals surface area contributed by atoms with Crippen LogP contribution in [0, 0.1) is 11.6 Å². The number of benzene rings is 1. The van der Waals surface area contributed by atoms with Crippen molar-refractivity contribution in [2.24, 2.45) is 0 Å². The summed E-state index contributed by atoms with van der Waals surface area (Å²) in [6, 6.07) is 11.4. The molecule has 24 heavy (non-hydrogen) atoms. The molecule has 2 N–H and O–H groups in total. The van der Waals surface area contributed by atoms with E-state index in [-0.39, 0.29) is 17.7 Å². The molecule has 1 aromatic heterocycles. The van der Waals surface area contributed by atoms with Gasteiger partial charge in [-0.15, -0.1) is 0 Å². The van der Waals surface area contributed by atoms with Crippen molar-refractivity contribution in [1.82, 2.24) is 9.88 Å². The SMILES string of the molecule is CNc1nc(NC2CCN(Cc3ccccc3)CC2)c(F)cc1F. The summed E-state index contributed by atoms with van der Waals surface area (Å²) in [5.74, 6) is -1.17. The molecule has 0 bridgehead atoms. The summed E-state index contributed by atoms with van der Waals surface area (Å²) < 4.78 is 27.4. The zero-order valence-corrected chi connectivity index (χ0v) is 13.7. The lowest BCUT2D eigenvalue weighted by Crippen LogP contribution is -2.39. The summed E-state index contributed by atoms with van der Waals surface area (Å²) in [4.78, 5) is 6.38. The number of hydrogen-bond donors (Lipinski definition) is 2. The first-order valence-corrected chi connectivity index (χ1v) is 8.22. The van der Waals surface area contributed by atoms with Crippen LogP contribution in [0.15, 0.2) is 36.4 Å². The van der Waals surface area contributed by atoms with E-state index in [0.717, 1.165) is 38.5 Å². The van der Waals surface area contributed by atoms with Gasteiger partial charge in [-0.25, -0.2) is 13.8 Å². The minimum Gasteiger partial charge on any atom is -0.371 e. The summed E-state index contributed by atoms with van der Waals surface area (Å²) in [5.41, 5.74) is 1.30. The average Bonchev–Trinajstić information content (AvgIpc) is 2.60. The lowest BCUT2D eigenvalue weighted by molar-refractivity contribution is 0.211. The molecular weight excluding hydrogens is 310 g/mol. The molecule has 0 radical (unpaired) electrons. The predicted octanol–water partition coefficient (Wildman–Crippen LogP) is 3.48. The molecule has 0 aliphatic carbocycles. The average molecular weight is 332 g/mol. The van der Waals surface area contributed by atoms with Gasteiger partial charge in [-0.1, -0.05) is 30.3 Å². The van der Waals surface area contributed by atoms with Crippen molar-refractivity contribution >= 4 is 11.6 Å². The fourth-order valence-corrected chi connectivity index (χ4v) is 3.01. The first-order valence-electron chi connectivity index (χ1n) is 8.22. The molecule has 1 aliphatic heterocycles. The van der Waals surface area contributed by atoms with Crippen LogP contribution < -0.4 is 10.6 Å². The fourth-order valence-electron chi connectivity index (χ4n) is 3.01. The van der Waals surface area contributed by atoms with Crippen LogP contribution in [-0.4, -0.2) is 36.1 Å². The molecule has 6 heteroatoms. The van der Waals surface area contributed by atoms with Crippen molar-refractivity contribution in [3.63, 3.8) is 0 Å². The molecule has 0 atom stereocenters. The van der Waals surface area contributed by atoms with Crippen LogP contribution in [0.4, 0.5) is 20.4 Å². The quantitative estimate of drug-likeness (QED) is 0.879. The van der Waals surface area contributed by atoms with E-state index in [1.165, 1.54) is 5.56 Å². The second-order valence-electron chi connectivity index (χ2n) is 6.08. The van der Waals surface area contributed by atoms with Gasteiger partial charge in [0.15, 0.2) is 23.3 Å². The van der Waals surface area contributed by atoms with Crippen LogP contribution in [0.2, 0.25) is 0 Å². The lowest BCUT2D eigenvalue weighted by Gasteiger charge is -2.32. The van der Waals surface area contributed by atoms with Gasteiger partial charge in [0.05, 0.1) is 0 Å². The van der Waals surface area contributed by atoms with E-state index in [4.69, 9.17) is 0 Å². The molecule has 1 saturated heterocycles. The highest BCUT2D eigenvalue weighted by Gasteiger charge is 2.21. The monoisotopic (exact) mass is 332 g/mol. The molecule has 2 heterocycles. The topological polar surface area (TPSA) is 40.2 Å². The summed E-state index contributed by atoms with van der Waals surface area (Å²) in [5, 5.41) is 5.75. The molecule has 1 aliphatic rings. The second kappa shape index (κ2) is 7.57. The first kappa shape index (κ1) is 16.6. The van der Waals surface area contributed by atoms with E-state index in [9.17, 15) is 8.78 Å². The number of rotatable bonds is 5. The minimum absolute atomic E-state index is 0.0559. The van der Waals surface area contributed by atoms with Crippen LogP contribution in [0.3, 0.4) is 0 Å². The zero-order valence-electron chi connectivity index (χ0n) is 13.7. The van der Waals surface area contributed by atoms with E-state index in [2.05, 4.69) is 32.7 Å². The largest absolute Gasteiger partial charge is 0.371 e. The van der Waals surface area contributed by atoms with Crippen molar-refractivity contribution < 1.29 is 8.78 Å². The number of pyridine rings is 1. The van der Waals surface area contributed by atoms with Gasteiger partial charge < -0.3 is 10.6 Å². The van der Waals surface area contributed by atoms with Crippen LogP contribution in [0.1, 0.15) is 18.4 Å². The first-order chi connectivity index (χ1) is 11.7. The number of aromatic nitrogens is 1. The zero-order chi connectivity index (χ0) is 16.9. The Balaban J connectivity index is 1.56. The minimum atomic E-state index is -0.682. The van der Waals surface area contributed by atoms with Crippen molar-refractivity contribution in [2.45, 2.75) is 25.4 Å². The fraction of sp³-hybridized carbons (Fsp3) is 0.389. The molecule has 0 unspecified atom stereocenters. The van der Waals surface area contributed by atoms with Crippen LogP contribution in [-0.2, 0) is 6.54 Å². The van der Waals surface area contributed by atoms with Gasteiger partial charge in [0.25, 0.3) is 0 Å². The molecule has 4 nitrogen and oxygen atoms in total. The van der Waals surface area contributed by atoms with Gasteiger partial charge in [-0.05, 0) is 18.4 Å². The van der Waals surface area contributed by atoms with Crippen LogP contribution in [0.25, 0.3) is 0 Å². The van der Waals surface area contributed by atoms with Crippen molar-refractivity contribution in [3.8, 4) is 0 Å². The van der Waals surface area contributed by atoms with Gasteiger partial charge in [0, 0.05) is 38.8 Å². The van der Waals surface area contributed by atoms with E-state index in [1.54, 1.807) is 7.05 Å². The number of hydrogen-bond acceptors (Lipinski definition) is 4. The maximum absolute atomic E-state index is 13.9. The molecule has 128 valence electrons. The number of nitrogens with one attached hydrogen (secondary N) is 2. The third kappa shape index (κ3) is 4.00. The van der Waals surface area contributed by atoms with Gasteiger partial charge in [0.2, 0.25) is 0 Å². The highest BCUT2D eigenvalue weighted by atomic mass is 19.1. The Labute approximate surface area is 140 Å². The van der Waals surface area contributed by atoms with Crippen LogP contribution in [0.5, 0.6) is 0 Å². The molecular formula is C18H22F2N4.